The van der Waals surface area contributed by atoms with Crippen molar-refractivity contribution in [3.63, 3.8) is 0 Å². The smallest absolute Gasteiger partial charge is 0.249 e. The number of benzene rings is 3. The van der Waals surface area contributed by atoms with Crippen LogP contribution in [0.25, 0.3) is 22.4 Å². The van der Waals surface area contributed by atoms with Crippen LogP contribution in [0.4, 0.5) is 20.4 Å². The predicted molar refractivity (Wildman–Crippen MR) is 216 cm³/mol. The third-order valence-electron chi connectivity index (χ3n) is 12.4. The van der Waals surface area contributed by atoms with Crippen molar-refractivity contribution in [1.29, 1.82) is 0 Å². The van der Waals surface area contributed by atoms with Crippen molar-refractivity contribution >= 4 is 29.4 Å². The SMILES string of the molecule is O=C1CCC(Nc2ccc(C3CCN(CC4CCN(C(=O)C5CCC(Nc6ncc(F)c(-c7cccc(-c8ccccc8)c7)n6)CC5)CC4)CC3)c(F)c2)C(=O)N1. The van der Waals surface area contributed by atoms with E-state index in [1.165, 1.54) is 12.3 Å². The number of amides is 3. The van der Waals surface area contributed by atoms with E-state index in [1.807, 2.05) is 66.7 Å². The number of anilines is 2. The second-order valence-electron chi connectivity index (χ2n) is 16.3. The molecule has 8 rings (SSSR count). The highest BCUT2D eigenvalue weighted by Crippen LogP contribution is 2.34. The maximum Gasteiger partial charge on any atom is 0.249 e. The Morgan fingerprint density at radius 1 is 0.754 bits per heavy atom. The van der Waals surface area contributed by atoms with E-state index in [-0.39, 0.29) is 53.5 Å². The predicted octanol–water partition coefficient (Wildman–Crippen LogP) is 7.39. The van der Waals surface area contributed by atoms with Gasteiger partial charge in [0.05, 0.1) is 6.20 Å². The largest absolute Gasteiger partial charge is 0.374 e. The van der Waals surface area contributed by atoms with Crippen LogP contribution < -0.4 is 16.0 Å². The maximum absolute atomic E-state index is 15.2. The van der Waals surface area contributed by atoms with Crippen molar-refractivity contribution in [2.75, 3.05) is 43.4 Å². The molecule has 4 fully saturated rings. The molecular weight excluding hydrogens is 725 g/mol. The van der Waals surface area contributed by atoms with Crippen LogP contribution in [0.1, 0.15) is 75.7 Å². The maximum atomic E-state index is 15.2. The second kappa shape index (κ2) is 17.5. The molecule has 3 amide bonds. The Morgan fingerprint density at radius 3 is 2.23 bits per heavy atom. The molecule has 4 heterocycles. The standard InChI is InChI=1S/C45H51F2N7O3/c46-38-26-36(49-40-15-16-41(55)51-43(40)56)13-14-37(38)31-19-21-53(22-20-31)28-29-17-23-54(24-18-29)44(57)32-9-11-35(12-10-32)50-45-48-27-39(47)42(52-45)34-8-4-7-33(25-34)30-5-2-1-3-6-30/h1-8,13-14,25-27,29,31-32,35,40,49H,9-12,15-24,28H2,(H,48,50,52)(H,51,55,56). The van der Waals surface area contributed by atoms with E-state index in [9.17, 15) is 18.8 Å². The summed E-state index contributed by atoms with van der Waals surface area (Å²) in [5, 5.41) is 8.82. The van der Waals surface area contributed by atoms with Gasteiger partial charge in [-0.3, -0.25) is 19.7 Å². The lowest BCUT2D eigenvalue weighted by Gasteiger charge is -2.39. The molecule has 4 aliphatic rings. The van der Waals surface area contributed by atoms with Crippen LogP contribution in [0.5, 0.6) is 0 Å². The number of nitrogens with zero attached hydrogens (tertiary/aromatic N) is 4. The molecule has 12 heteroatoms. The molecule has 298 valence electrons. The number of hydrogen-bond donors (Lipinski definition) is 3. The second-order valence-corrected chi connectivity index (χ2v) is 16.3. The first-order valence-electron chi connectivity index (χ1n) is 20.6. The summed E-state index contributed by atoms with van der Waals surface area (Å²) in [6.07, 6.45) is 8.94. The molecule has 0 bridgehead atoms. The van der Waals surface area contributed by atoms with E-state index in [0.717, 1.165) is 101 Å². The number of likely N-dealkylation sites (tertiary alicyclic amines) is 2. The summed E-state index contributed by atoms with van der Waals surface area (Å²) in [4.78, 5) is 50.5. The molecule has 1 aromatic heterocycles. The fourth-order valence-electron chi connectivity index (χ4n) is 9.15. The highest BCUT2D eigenvalue weighted by atomic mass is 19.1. The first-order chi connectivity index (χ1) is 27.8. The van der Waals surface area contributed by atoms with Crippen LogP contribution in [0, 0.1) is 23.5 Å². The van der Waals surface area contributed by atoms with E-state index in [4.69, 9.17) is 0 Å². The first-order valence-corrected chi connectivity index (χ1v) is 20.6. The Bertz CT molecular complexity index is 2060. The Hall–Kier alpha value is -5.23. The first kappa shape index (κ1) is 38.6. The molecular formula is C45H51F2N7O3. The number of carbonyl (C=O) groups is 3. The zero-order chi connectivity index (χ0) is 39.3. The molecule has 3 saturated heterocycles. The third-order valence-corrected chi connectivity index (χ3v) is 12.4. The molecule has 1 atom stereocenters. The van der Waals surface area contributed by atoms with Gasteiger partial charge in [0.2, 0.25) is 23.7 Å². The molecule has 1 unspecified atom stereocenters. The molecule has 57 heavy (non-hydrogen) atoms. The van der Waals surface area contributed by atoms with Gasteiger partial charge >= 0.3 is 0 Å². The average Bonchev–Trinajstić information content (AvgIpc) is 3.24. The number of aromatic nitrogens is 2. The Morgan fingerprint density at radius 2 is 1.49 bits per heavy atom. The van der Waals surface area contributed by atoms with Gasteiger partial charge in [-0.25, -0.2) is 18.7 Å². The summed E-state index contributed by atoms with van der Waals surface area (Å²) >= 11 is 0. The molecule has 3 N–H and O–H groups in total. The Balaban J connectivity index is 0.756. The van der Waals surface area contributed by atoms with Crippen LogP contribution in [0.15, 0.2) is 79.0 Å². The minimum absolute atomic E-state index is 0.0201. The lowest BCUT2D eigenvalue weighted by molar-refractivity contribution is -0.138. The summed E-state index contributed by atoms with van der Waals surface area (Å²) < 4.78 is 30.2. The van der Waals surface area contributed by atoms with Crippen molar-refractivity contribution in [2.45, 2.75) is 82.2 Å². The quantitative estimate of drug-likeness (QED) is 0.143. The number of nitrogens with one attached hydrogen (secondary N) is 3. The molecule has 1 saturated carbocycles. The van der Waals surface area contributed by atoms with Gasteiger partial charge in [0, 0.05) is 49.3 Å². The van der Waals surface area contributed by atoms with E-state index < -0.39 is 11.9 Å². The van der Waals surface area contributed by atoms with Crippen LogP contribution in [-0.2, 0) is 14.4 Å². The van der Waals surface area contributed by atoms with Gasteiger partial charge in [0.1, 0.15) is 17.6 Å². The van der Waals surface area contributed by atoms with Gasteiger partial charge in [0.15, 0.2) is 5.82 Å². The van der Waals surface area contributed by atoms with Crippen molar-refractivity contribution in [3.8, 4) is 22.4 Å². The molecule has 3 aromatic carbocycles. The highest BCUT2D eigenvalue weighted by Gasteiger charge is 2.33. The number of carbonyl (C=O) groups excluding carboxylic acids is 3. The fourth-order valence-corrected chi connectivity index (χ4v) is 9.15. The average molecular weight is 776 g/mol. The number of piperidine rings is 3. The summed E-state index contributed by atoms with van der Waals surface area (Å²) in [6.45, 7) is 4.43. The fraction of sp³-hybridized carbons (Fsp3) is 0.444. The Labute approximate surface area is 332 Å². The van der Waals surface area contributed by atoms with Crippen LogP contribution in [-0.4, -0.2) is 82.3 Å². The number of imide groups is 1. The number of hydrogen-bond acceptors (Lipinski definition) is 8. The van der Waals surface area contributed by atoms with E-state index in [2.05, 4.69) is 35.7 Å². The lowest BCUT2D eigenvalue weighted by Crippen LogP contribution is -2.47. The van der Waals surface area contributed by atoms with Gasteiger partial charge in [-0.2, -0.15) is 0 Å². The molecule has 0 spiro atoms. The van der Waals surface area contributed by atoms with E-state index >= 15 is 4.39 Å². The lowest BCUT2D eigenvalue weighted by atomic mass is 9.84. The monoisotopic (exact) mass is 775 g/mol. The third kappa shape index (κ3) is 9.33. The van der Waals surface area contributed by atoms with Gasteiger partial charge in [-0.15, -0.1) is 0 Å². The normalized spacial score (nSPS) is 22.6. The van der Waals surface area contributed by atoms with Gasteiger partial charge in [-0.1, -0.05) is 54.6 Å². The minimum Gasteiger partial charge on any atom is -0.374 e. The number of rotatable bonds is 10. The van der Waals surface area contributed by atoms with Crippen LogP contribution in [0.2, 0.25) is 0 Å². The summed E-state index contributed by atoms with van der Waals surface area (Å²) in [7, 11) is 0. The van der Waals surface area contributed by atoms with Crippen molar-refractivity contribution in [1.82, 2.24) is 25.1 Å². The molecule has 4 aromatic rings. The van der Waals surface area contributed by atoms with Crippen molar-refractivity contribution < 1.29 is 23.2 Å². The summed E-state index contributed by atoms with van der Waals surface area (Å²) in [5.74, 6) is 0.0180. The van der Waals surface area contributed by atoms with Crippen LogP contribution >= 0.6 is 0 Å². The zero-order valence-electron chi connectivity index (χ0n) is 32.3. The van der Waals surface area contributed by atoms with Gasteiger partial charge in [0.25, 0.3) is 0 Å². The van der Waals surface area contributed by atoms with Gasteiger partial charge in [-0.05, 0) is 118 Å². The van der Waals surface area contributed by atoms with E-state index in [1.54, 1.807) is 0 Å². The number of halogens is 2. The van der Waals surface area contributed by atoms with Crippen LogP contribution in [0.3, 0.4) is 0 Å². The Kier molecular flexibility index (Phi) is 11.9. The summed E-state index contributed by atoms with van der Waals surface area (Å²) in [6, 6.07) is 22.4. The topological polar surface area (TPSA) is 120 Å². The molecule has 0 radical (unpaired) electrons. The summed E-state index contributed by atoms with van der Waals surface area (Å²) in [5.41, 5.74) is 4.28. The van der Waals surface area contributed by atoms with E-state index in [0.29, 0.717) is 29.5 Å². The van der Waals surface area contributed by atoms with Crippen molar-refractivity contribution in [3.05, 3.63) is 96.2 Å². The zero-order valence-corrected chi connectivity index (χ0v) is 32.3. The highest BCUT2D eigenvalue weighted by molar-refractivity contribution is 6.01. The minimum atomic E-state index is -0.541. The van der Waals surface area contributed by atoms with Gasteiger partial charge < -0.3 is 20.4 Å². The molecule has 3 aliphatic heterocycles. The van der Waals surface area contributed by atoms with Crippen molar-refractivity contribution in [2.24, 2.45) is 11.8 Å². The molecule has 10 nitrogen and oxygen atoms in total. The molecule has 1 aliphatic carbocycles.